The van der Waals surface area contributed by atoms with E-state index in [0.29, 0.717) is 0 Å². The summed E-state index contributed by atoms with van der Waals surface area (Å²) in [5.41, 5.74) is 0.900. The van der Waals surface area contributed by atoms with Gasteiger partial charge in [0.25, 0.3) is 0 Å². The smallest absolute Gasteiger partial charge is 0.545 e. The number of rotatable bonds is 2. The number of anilines is 1. The Morgan fingerprint density at radius 2 is 2.00 bits per heavy atom. The van der Waals surface area contributed by atoms with Crippen LogP contribution < -0.4 is 28.9 Å². The first-order chi connectivity index (χ1) is 9.15. The Bertz CT molecular complexity index is 620. The molecule has 3 rings (SSSR count). The van der Waals surface area contributed by atoms with Gasteiger partial charge in [-0.05, 0) is 24.7 Å². The Labute approximate surface area is 128 Å². The van der Waals surface area contributed by atoms with Crippen LogP contribution in [0.15, 0.2) is 18.2 Å². The minimum absolute atomic E-state index is 0. The zero-order chi connectivity index (χ0) is 13.4. The number of benzene rings is 1. The molecule has 1 N–H and O–H groups in total. The van der Waals surface area contributed by atoms with Gasteiger partial charge < -0.3 is 19.7 Å². The predicted molar refractivity (Wildman–Crippen MR) is 70.1 cm³/mol. The van der Waals surface area contributed by atoms with Crippen molar-refractivity contribution in [1.82, 2.24) is 15.1 Å². The van der Waals surface area contributed by atoms with Crippen LogP contribution in [0.2, 0.25) is 0 Å². The maximum atomic E-state index is 10.8. The normalized spacial score (nSPS) is 16.1. The average Bonchev–Trinajstić information content (AvgIpc) is 2.82. The van der Waals surface area contributed by atoms with E-state index in [0.717, 1.165) is 42.9 Å². The van der Waals surface area contributed by atoms with Gasteiger partial charge in [-0.3, -0.25) is 5.10 Å². The molecule has 1 aliphatic heterocycles. The number of carbonyl (C=O) groups excluding carboxylic acids is 1. The number of carboxylic acids is 1. The van der Waals surface area contributed by atoms with E-state index in [2.05, 4.69) is 27.0 Å². The third-order valence-electron chi connectivity index (χ3n) is 3.58. The standard InChI is InChI=1S/C13H16N4O2.Li/c1-16-4-6-17(7-5-16)12-10-3-2-9(13(18)19)8-11(10)14-15-12;/h2-3,8H,4-7H2,1H3,(H,14,15)(H,18,19);/q;+1/p-1. The van der Waals surface area contributed by atoms with E-state index < -0.39 is 5.97 Å². The molecule has 20 heavy (non-hydrogen) atoms. The van der Waals surface area contributed by atoms with Crippen LogP contribution in [-0.4, -0.2) is 54.3 Å². The fourth-order valence-electron chi connectivity index (χ4n) is 2.39. The van der Waals surface area contributed by atoms with Crippen molar-refractivity contribution in [2.75, 3.05) is 38.1 Å². The monoisotopic (exact) mass is 266 g/mol. The molecule has 2 heterocycles. The summed E-state index contributed by atoms with van der Waals surface area (Å²) in [7, 11) is 2.10. The van der Waals surface area contributed by atoms with E-state index in [4.69, 9.17) is 0 Å². The molecule has 0 unspecified atom stereocenters. The number of nitrogens with one attached hydrogen (secondary N) is 1. The van der Waals surface area contributed by atoms with Crippen LogP contribution in [0.1, 0.15) is 10.4 Å². The summed E-state index contributed by atoms with van der Waals surface area (Å²) in [5.74, 6) is -0.273. The summed E-state index contributed by atoms with van der Waals surface area (Å²) >= 11 is 0. The molecule has 1 aliphatic rings. The molecule has 0 radical (unpaired) electrons. The summed E-state index contributed by atoms with van der Waals surface area (Å²) in [6.07, 6.45) is 0. The molecule has 0 spiro atoms. The van der Waals surface area contributed by atoms with Crippen molar-refractivity contribution in [1.29, 1.82) is 0 Å². The molecule has 1 fully saturated rings. The van der Waals surface area contributed by atoms with Crippen LogP contribution in [0.3, 0.4) is 0 Å². The van der Waals surface area contributed by atoms with Crippen LogP contribution in [-0.2, 0) is 0 Å². The number of hydrogen-bond donors (Lipinski definition) is 1. The zero-order valence-corrected chi connectivity index (χ0v) is 11.7. The molecule has 0 bridgehead atoms. The molecule has 1 aromatic heterocycles. The summed E-state index contributed by atoms with van der Waals surface area (Å²) in [6.45, 7) is 3.87. The Balaban J connectivity index is 0.00000147. The molecule has 1 aromatic carbocycles. The van der Waals surface area contributed by atoms with Crippen molar-refractivity contribution < 1.29 is 28.8 Å². The molecule has 0 amide bonds. The van der Waals surface area contributed by atoms with Crippen LogP contribution in [0, 0.1) is 0 Å². The number of likely N-dealkylation sites (N-methyl/N-ethyl adjacent to an activating group) is 1. The summed E-state index contributed by atoms with van der Waals surface area (Å²) in [6, 6.07) is 4.92. The van der Waals surface area contributed by atoms with Crippen molar-refractivity contribution in [3.63, 3.8) is 0 Å². The van der Waals surface area contributed by atoms with Gasteiger partial charge >= 0.3 is 18.9 Å². The number of H-pyrrole nitrogens is 1. The van der Waals surface area contributed by atoms with Crippen molar-refractivity contribution in [2.45, 2.75) is 0 Å². The second-order valence-electron chi connectivity index (χ2n) is 4.89. The van der Waals surface area contributed by atoms with E-state index >= 15 is 0 Å². The molecule has 0 atom stereocenters. The summed E-state index contributed by atoms with van der Waals surface area (Å²) in [5, 5.41) is 19.0. The van der Waals surface area contributed by atoms with Gasteiger partial charge in [0.1, 0.15) is 0 Å². The van der Waals surface area contributed by atoms with Crippen LogP contribution >= 0.6 is 0 Å². The van der Waals surface area contributed by atoms with Crippen LogP contribution in [0.5, 0.6) is 0 Å². The molecule has 100 valence electrons. The Morgan fingerprint density at radius 3 is 2.65 bits per heavy atom. The Kier molecular flexibility index (Phi) is 4.38. The number of hydrogen-bond acceptors (Lipinski definition) is 5. The quantitative estimate of drug-likeness (QED) is 0.576. The third kappa shape index (κ3) is 2.68. The van der Waals surface area contributed by atoms with Gasteiger partial charge in [-0.1, -0.05) is 6.07 Å². The molecule has 2 aromatic rings. The van der Waals surface area contributed by atoms with Crippen molar-refractivity contribution in [3.8, 4) is 0 Å². The number of carbonyl (C=O) groups is 1. The van der Waals surface area contributed by atoms with Gasteiger partial charge in [-0.25, -0.2) is 0 Å². The number of nitrogens with zero attached hydrogens (tertiary/aromatic N) is 3. The van der Waals surface area contributed by atoms with Gasteiger partial charge in [-0.15, -0.1) is 0 Å². The fraction of sp³-hybridized carbons (Fsp3) is 0.385. The van der Waals surface area contributed by atoms with E-state index in [-0.39, 0.29) is 24.4 Å². The number of fused-ring (bicyclic) bond motifs is 1. The van der Waals surface area contributed by atoms with Gasteiger partial charge in [0.15, 0.2) is 5.82 Å². The second kappa shape index (κ2) is 5.88. The van der Waals surface area contributed by atoms with Crippen molar-refractivity contribution >= 4 is 22.7 Å². The van der Waals surface area contributed by atoms with Gasteiger partial charge in [0, 0.05) is 31.6 Å². The molecule has 0 aliphatic carbocycles. The van der Waals surface area contributed by atoms with Crippen LogP contribution in [0.4, 0.5) is 5.82 Å². The van der Waals surface area contributed by atoms with Crippen LogP contribution in [0.25, 0.3) is 10.9 Å². The van der Waals surface area contributed by atoms with Crippen molar-refractivity contribution in [3.05, 3.63) is 23.8 Å². The molecule has 0 saturated carbocycles. The first-order valence-corrected chi connectivity index (χ1v) is 6.28. The van der Waals surface area contributed by atoms with E-state index in [1.54, 1.807) is 18.2 Å². The van der Waals surface area contributed by atoms with Gasteiger partial charge in [-0.2, -0.15) is 5.10 Å². The van der Waals surface area contributed by atoms with Gasteiger partial charge in [0.2, 0.25) is 0 Å². The fourth-order valence-corrected chi connectivity index (χ4v) is 2.39. The number of aromatic nitrogens is 2. The van der Waals surface area contributed by atoms with Crippen molar-refractivity contribution in [2.24, 2.45) is 0 Å². The molecular weight excluding hydrogens is 251 g/mol. The predicted octanol–water partition coefficient (Wildman–Crippen LogP) is -3.32. The SMILES string of the molecule is CN1CCN(c2n[nH]c3cc(C(=O)[O-])ccc23)CC1.[Li+]. The molecule has 6 nitrogen and oxygen atoms in total. The molecule has 1 saturated heterocycles. The number of aromatic amines is 1. The van der Waals surface area contributed by atoms with Gasteiger partial charge in [0.05, 0.1) is 11.5 Å². The maximum Gasteiger partial charge on any atom is 1.00 e. The largest absolute Gasteiger partial charge is 1.00 e. The number of carboxylic acid groups (broad SMARTS) is 1. The first kappa shape index (κ1) is 14.9. The molecule has 7 heteroatoms. The zero-order valence-electron chi connectivity index (χ0n) is 11.7. The Hall–Kier alpha value is -1.48. The molecular formula is C13H15LiN4O2. The summed E-state index contributed by atoms with van der Waals surface area (Å²) < 4.78 is 0. The van der Waals surface area contributed by atoms with E-state index in [1.807, 2.05) is 0 Å². The third-order valence-corrected chi connectivity index (χ3v) is 3.58. The summed E-state index contributed by atoms with van der Waals surface area (Å²) in [4.78, 5) is 15.3. The topological polar surface area (TPSA) is 75.3 Å². The first-order valence-electron chi connectivity index (χ1n) is 6.28. The van der Waals surface area contributed by atoms with E-state index in [9.17, 15) is 9.90 Å². The minimum Gasteiger partial charge on any atom is -0.545 e. The number of piperazine rings is 1. The van der Waals surface area contributed by atoms with E-state index in [1.165, 1.54) is 0 Å². The number of aromatic carboxylic acids is 1. The average molecular weight is 266 g/mol. The minimum atomic E-state index is -1.17. The Morgan fingerprint density at radius 1 is 1.30 bits per heavy atom. The maximum absolute atomic E-state index is 10.8. The second-order valence-corrected chi connectivity index (χ2v) is 4.89.